The highest BCUT2D eigenvalue weighted by molar-refractivity contribution is 9.10. The molecule has 0 aromatic heterocycles. The molecule has 0 bridgehead atoms. The molecule has 0 fully saturated rings. The van der Waals surface area contributed by atoms with E-state index in [9.17, 15) is 9.59 Å². The molecule has 6 heteroatoms. The number of ether oxygens (including phenoxy) is 1. The first-order chi connectivity index (χ1) is 11.1. The Labute approximate surface area is 147 Å². The molecule has 120 valence electrons. The molecule has 0 saturated carbocycles. The van der Waals surface area contributed by atoms with Crippen LogP contribution in [0.25, 0.3) is 0 Å². The molecule has 2 aromatic rings. The second-order valence-corrected chi connectivity index (χ2v) is 6.77. The van der Waals surface area contributed by atoms with Crippen molar-refractivity contribution in [1.29, 1.82) is 0 Å². The van der Waals surface area contributed by atoms with E-state index in [-0.39, 0.29) is 24.7 Å². The molecule has 2 aromatic carbocycles. The number of hydrogen-bond acceptors (Lipinski definition) is 4. The summed E-state index contributed by atoms with van der Waals surface area (Å²) in [4.78, 5) is 24.9. The van der Waals surface area contributed by atoms with Gasteiger partial charge in [0.15, 0.2) is 0 Å². The van der Waals surface area contributed by atoms with Gasteiger partial charge in [-0.15, -0.1) is 0 Å². The molecular weight excluding hydrogens is 378 g/mol. The van der Waals surface area contributed by atoms with Crippen molar-refractivity contribution in [3.05, 3.63) is 53.0 Å². The lowest BCUT2D eigenvalue weighted by molar-refractivity contribution is -0.141. The first-order valence-electron chi connectivity index (χ1n) is 6.97. The number of esters is 1. The Morgan fingerprint density at radius 1 is 1.00 bits per heavy atom. The quantitative estimate of drug-likeness (QED) is 0.734. The minimum atomic E-state index is -0.388. The Morgan fingerprint density at radius 3 is 2.13 bits per heavy atom. The van der Waals surface area contributed by atoms with Crippen molar-refractivity contribution in [2.45, 2.75) is 22.6 Å². The molecule has 2 rings (SSSR count). The van der Waals surface area contributed by atoms with Crippen LogP contribution in [-0.4, -0.2) is 19.0 Å². The second-order valence-electron chi connectivity index (χ2n) is 4.70. The summed E-state index contributed by atoms with van der Waals surface area (Å²) in [5, 5.41) is 2.76. The maximum absolute atomic E-state index is 11.7. The second kappa shape index (κ2) is 8.74. The fourth-order valence-electron chi connectivity index (χ4n) is 1.79. The summed E-state index contributed by atoms with van der Waals surface area (Å²) < 4.78 is 5.55. The Kier molecular flexibility index (Phi) is 6.67. The van der Waals surface area contributed by atoms with E-state index in [1.807, 2.05) is 48.5 Å². The molecule has 0 heterocycles. The van der Waals surface area contributed by atoms with E-state index in [1.165, 1.54) is 7.11 Å². The van der Waals surface area contributed by atoms with Gasteiger partial charge >= 0.3 is 5.97 Å². The summed E-state index contributed by atoms with van der Waals surface area (Å²) in [6.45, 7) is 0. The third-order valence-corrected chi connectivity index (χ3v) is 4.52. The number of anilines is 1. The lowest BCUT2D eigenvalue weighted by Crippen LogP contribution is -2.13. The molecule has 0 radical (unpaired) electrons. The predicted molar refractivity (Wildman–Crippen MR) is 94.6 cm³/mol. The lowest BCUT2D eigenvalue weighted by atomic mass is 10.2. The van der Waals surface area contributed by atoms with E-state index >= 15 is 0 Å². The van der Waals surface area contributed by atoms with E-state index in [0.717, 1.165) is 14.3 Å². The average molecular weight is 394 g/mol. The van der Waals surface area contributed by atoms with Gasteiger partial charge in [0.25, 0.3) is 0 Å². The molecule has 0 atom stereocenters. The number of hydrogen-bond donors (Lipinski definition) is 1. The number of methoxy groups -OCH3 is 1. The van der Waals surface area contributed by atoms with Crippen LogP contribution in [0.5, 0.6) is 0 Å². The van der Waals surface area contributed by atoms with Crippen molar-refractivity contribution in [2.24, 2.45) is 0 Å². The Balaban J connectivity index is 1.87. The van der Waals surface area contributed by atoms with Gasteiger partial charge < -0.3 is 10.1 Å². The normalized spacial score (nSPS) is 10.2. The monoisotopic (exact) mass is 393 g/mol. The van der Waals surface area contributed by atoms with Crippen molar-refractivity contribution < 1.29 is 14.3 Å². The van der Waals surface area contributed by atoms with Crippen LogP contribution in [0.3, 0.4) is 0 Å². The summed E-state index contributed by atoms with van der Waals surface area (Å²) in [5.74, 6) is -0.592. The third-order valence-electron chi connectivity index (χ3n) is 2.97. The molecule has 0 aliphatic rings. The van der Waals surface area contributed by atoms with Gasteiger partial charge in [0.1, 0.15) is 0 Å². The largest absolute Gasteiger partial charge is 0.469 e. The molecule has 0 aliphatic heterocycles. The fraction of sp³-hybridized carbons (Fsp3) is 0.176. The predicted octanol–water partition coefficient (Wildman–Crippen LogP) is 4.49. The minimum absolute atomic E-state index is 0.0832. The topological polar surface area (TPSA) is 55.4 Å². The van der Waals surface area contributed by atoms with Gasteiger partial charge in [-0.1, -0.05) is 27.7 Å². The van der Waals surface area contributed by atoms with Crippen molar-refractivity contribution >= 4 is 45.3 Å². The van der Waals surface area contributed by atoms with E-state index in [4.69, 9.17) is 0 Å². The summed E-state index contributed by atoms with van der Waals surface area (Å²) in [6.07, 6.45) is 0.196. The number of carbonyl (C=O) groups excluding carboxylic acids is 2. The maximum Gasteiger partial charge on any atom is 0.306 e. The average Bonchev–Trinajstić information content (AvgIpc) is 2.56. The molecule has 0 saturated heterocycles. The molecule has 0 unspecified atom stereocenters. The molecule has 1 amide bonds. The minimum Gasteiger partial charge on any atom is -0.469 e. The first kappa shape index (κ1) is 17.6. The number of halogens is 1. The summed E-state index contributed by atoms with van der Waals surface area (Å²) in [5.41, 5.74) is 0.708. The van der Waals surface area contributed by atoms with Crippen molar-refractivity contribution in [2.75, 3.05) is 12.4 Å². The summed E-state index contributed by atoms with van der Waals surface area (Å²) in [6, 6.07) is 15.7. The van der Waals surface area contributed by atoms with Gasteiger partial charge in [0, 0.05) is 26.4 Å². The van der Waals surface area contributed by atoms with Crippen LogP contribution in [0.2, 0.25) is 0 Å². The van der Waals surface area contributed by atoms with Crippen molar-refractivity contribution in [1.82, 2.24) is 0 Å². The van der Waals surface area contributed by atoms with Crippen LogP contribution in [0.15, 0.2) is 62.8 Å². The van der Waals surface area contributed by atoms with E-state index in [2.05, 4.69) is 26.0 Å². The smallest absolute Gasteiger partial charge is 0.306 e. The molecule has 4 nitrogen and oxygen atoms in total. The molecule has 0 aliphatic carbocycles. The van der Waals surface area contributed by atoms with Gasteiger partial charge in [-0.2, -0.15) is 0 Å². The van der Waals surface area contributed by atoms with Crippen LogP contribution >= 0.6 is 27.7 Å². The van der Waals surface area contributed by atoms with Gasteiger partial charge in [-0.25, -0.2) is 0 Å². The molecular formula is C17H16BrNO3S. The molecule has 1 N–H and O–H groups in total. The molecule has 0 spiro atoms. The Hall–Kier alpha value is -1.79. The number of nitrogens with one attached hydrogen (secondary N) is 1. The van der Waals surface area contributed by atoms with Crippen LogP contribution in [0, 0.1) is 0 Å². The van der Waals surface area contributed by atoms with Gasteiger partial charge in [0.2, 0.25) is 5.91 Å². The Morgan fingerprint density at radius 2 is 1.57 bits per heavy atom. The number of rotatable bonds is 6. The van der Waals surface area contributed by atoms with E-state index < -0.39 is 0 Å². The SMILES string of the molecule is COC(=O)CCC(=O)Nc1ccc(Sc2ccc(Br)cc2)cc1. The maximum atomic E-state index is 11.7. The van der Waals surface area contributed by atoms with E-state index in [1.54, 1.807) is 11.8 Å². The highest BCUT2D eigenvalue weighted by Gasteiger charge is 2.07. The third kappa shape index (κ3) is 6.08. The number of benzene rings is 2. The van der Waals surface area contributed by atoms with Crippen molar-refractivity contribution in [3.63, 3.8) is 0 Å². The van der Waals surface area contributed by atoms with E-state index in [0.29, 0.717) is 5.69 Å². The zero-order valence-electron chi connectivity index (χ0n) is 12.5. The standard InChI is InChI=1S/C17H16BrNO3S/c1-22-17(21)11-10-16(20)19-13-4-8-15(9-5-13)23-14-6-2-12(18)3-7-14/h2-9H,10-11H2,1H3,(H,19,20). The van der Waals surface area contributed by atoms with Crippen LogP contribution in [-0.2, 0) is 14.3 Å². The summed E-state index contributed by atoms with van der Waals surface area (Å²) in [7, 11) is 1.31. The molecule has 23 heavy (non-hydrogen) atoms. The lowest BCUT2D eigenvalue weighted by Gasteiger charge is -2.06. The zero-order valence-corrected chi connectivity index (χ0v) is 14.9. The highest BCUT2D eigenvalue weighted by atomic mass is 79.9. The van der Waals surface area contributed by atoms with Crippen LogP contribution in [0.4, 0.5) is 5.69 Å². The van der Waals surface area contributed by atoms with Crippen molar-refractivity contribution in [3.8, 4) is 0 Å². The highest BCUT2D eigenvalue weighted by Crippen LogP contribution is 2.29. The fourth-order valence-corrected chi connectivity index (χ4v) is 2.87. The Bertz CT molecular complexity index is 671. The van der Waals surface area contributed by atoms with Crippen LogP contribution in [0.1, 0.15) is 12.8 Å². The van der Waals surface area contributed by atoms with Gasteiger partial charge in [-0.05, 0) is 48.5 Å². The summed E-state index contributed by atoms with van der Waals surface area (Å²) >= 11 is 5.06. The van der Waals surface area contributed by atoms with Gasteiger partial charge in [0.05, 0.1) is 13.5 Å². The number of amides is 1. The zero-order chi connectivity index (χ0) is 16.7. The number of carbonyl (C=O) groups is 2. The first-order valence-corrected chi connectivity index (χ1v) is 8.58. The van der Waals surface area contributed by atoms with Gasteiger partial charge in [-0.3, -0.25) is 9.59 Å². The van der Waals surface area contributed by atoms with Crippen LogP contribution < -0.4 is 5.32 Å².